The first-order valence-electron chi connectivity index (χ1n) is 14.1. The van der Waals surface area contributed by atoms with E-state index < -0.39 is 17.2 Å². The zero-order valence-electron chi connectivity index (χ0n) is 22.5. The van der Waals surface area contributed by atoms with Crippen LogP contribution in [-0.2, 0) is 42.9 Å². The molecule has 10 heteroatoms. The van der Waals surface area contributed by atoms with Crippen LogP contribution in [0.15, 0.2) is 66.9 Å². The lowest BCUT2D eigenvalue weighted by Crippen LogP contribution is -2.64. The number of hydrogen-bond donors (Lipinski definition) is 3. The van der Waals surface area contributed by atoms with Gasteiger partial charge in [-0.1, -0.05) is 49.2 Å². The van der Waals surface area contributed by atoms with Gasteiger partial charge in [-0.15, -0.1) is 0 Å². The number of piperazine rings is 1. The van der Waals surface area contributed by atoms with E-state index >= 15 is 0 Å². The monoisotopic (exact) mass is 553 g/mol. The molecule has 0 bridgehead atoms. The molecule has 2 fully saturated rings. The van der Waals surface area contributed by atoms with Gasteiger partial charge in [0.25, 0.3) is 11.7 Å². The third-order valence-electron chi connectivity index (χ3n) is 8.68. The second-order valence-electron chi connectivity index (χ2n) is 11.1. The standard InChI is InChI=1S/C31H31N5O5/c37-26(17-36-25(20-7-2-1-3-8-20)16-33-30(29(36)39)12-4-5-13-30)34-23-11-10-21-18-40-31(41-19-22(21)15-23)24-9-6-14-32-27(24)35-28(31)38/h1-3,6-11,14-15,25,33H,4-5,12-13,16-19H2,(H,34,37)(H,32,35,38). The van der Waals surface area contributed by atoms with Crippen LogP contribution < -0.4 is 16.0 Å². The molecule has 1 aromatic heterocycles. The van der Waals surface area contributed by atoms with Crippen LogP contribution in [0.3, 0.4) is 0 Å². The van der Waals surface area contributed by atoms with Crippen LogP contribution in [0.4, 0.5) is 11.5 Å². The van der Waals surface area contributed by atoms with Crippen molar-refractivity contribution in [3.05, 3.63) is 89.1 Å². The van der Waals surface area contributed by atoms with Crippen LogP contribution >= 0.6 is 0 Å². The van der Waals surface area contributed by atoms with Crippen LogP contribution in [0.25, 0.3) is 0 Å². The number of amides is 3. The Kier molecular flexibility index (Phi) is 6.33. The third-order valence-corrected chi connectivity index (χ3v) is 8.68. The zero-order chi connectivity index (χ0) is 28.0. The summed E-state index contributed by atoms with van der Waals surface area (Å²) in [6.07, 6.45) is 5.18. The first-order valence-corrected chi connectivity index (χ1v) is 14.1. The molecule has 2 spiro atoms. The average Bonchev–Trinajstić information content (AvgIpc) is 3.51. The van der Waals surface area contributed by atoms with Gasteiger partial charge in [0.05, 0.1) is 30.4 Å². The smallest absolute Gasteiger partial charge is 0.291 e. The summed E-state index contributed by atoms with van der Waals surface area (Å²) in [5.74, 6) is -1.84. The van der Waals surface area contributed by atoms with Crippen molar-refractivity contribution >= 4 is 29.2 Å². The maximum Gasteiger partial charge on any atom is 0.291 e. The van der Waals surface area contributed by atoms with Crippen molar-refractivity contribution < 1.29 is 23.9 Å². The van der Waals surface area contributed by atoms with Crippen molar-refractivity contribution in [1.29, 1.82) is 0 Å². The highest BCUT2D eigenvalue weighted by molar-refractivity contribution is 6.03. The van der Waals surface area contributed by atoms with Crippen molar-refractivity contribution in [2.45, 2.75) is 56.3 Å². The van der Waals surface area contributed by atoms with Gasteiger partial charge >= 0.3 is 0 Å². The Morgan fingerprint density at radius 2 is 1.78 bits per heavy atom. The number of hydrogen-bond acceptors (Lipinski definition) is 7. The van der Waals surface area contributed by atoms with Gasteiger partial charge in [-0.2, -0.15) is 0 Å². The first-order chi connectivity index (χ1) is 20.0. The molecule has 1 saturated carbocycles. The minimum Gasteiger partial charge on any atom is -0.334 e. The number of carbonyl (C=O) groups excluding carboxylic acids is 3. The molecular formula is C31H31N5O5. The molecule has 41 heavy (non-hydrogen) atoms. The Morgan fingerprint density at radius 3 is 2.59 bits per heavy atom. The number of benzene rings is 2. The Labute approximate surface area is 237 Å². The van der Waals surface area contributed by atoms with E-state index in [-0.39, 0.29) is 37.6 Å². The van der Waals surface area contributed by atoms with Crippen molar-refractivity contribution in [3.63, 3.8) is 0 Å². The van der Waals surface area contributed by atoms with Gasteiger partial charge in [0.1, 0.15) is 12.4 Å². The third kappa shape index (κ3) is 4.39. The normalized spacial score (nSPS) is 24.6. The fourth-order valence-corrected chi connectivity index (χ4v) is 6.52. The fourth-order valence-electron chi connectivity index (χ4n) is 6.52. The molecule has 3 aliphatic heterocycles. The highest BCUT2D eigenvalue weighted by Gasteiger charge is 2.52. The highest BCUT2D eigenvalue weighted by atomic mass is 16.7. The van der Waals surface area contributed by atoms with Crippen LogP contribution in [-0.4, -0.2) is 46.2 Å². The highest BCUT2D eigenvalue weighted by Crippen LogP contribution is 2.42. The van der Waals surface area contributed by atoms with E-state index in [4.69, 9.17) is 9.47 Å². The quantitative estimate of drug-likeness (QED) is 0.453. The lowest BCUT2D eigenvalue weighted by molar-refractivity contribution is -0.236. The van der Waals surface area contributed by atoms with E-state index in [2.05, 4.69) is 20.9 Å². The molecule has 4 aliphatic rings. The number of rotatable bonds is 4. The number of pyridine rings is 1. The molecule has 10 nitrogen and oxygen atoms in total. The molecule has 3 N–H and O–H groups in total. The molecule has 210 valence electrons. The topological polar surface area (TPSA) is 122 Å². The minimum atomic E-state index is -1.57. The van der Waals surface area contributed by atoms with E-state index in [0.29, 0.717) is 23.6 Å². The van der Waals surface area contributed by atoms with Crippen molar-refractivity contribution in [2.75, 3.05) is 23.7 Å². The fraction of sp³-hybridized carbons (Fsp3) is 0.355. The lowest BCUT2D eigenvalue weighted by atomic mass is 9.89. The van der Waals surface area contributed by atoms with Gasteiger partial charge in [-0.25, -0.2) is 4.98 Å². The maximum absolute atomic E-state index is 13.8. The molecule has 2 aromatic carbocycles. The molecule has 3 aromatic rings. The SMILES string of the molecule is O=C(CN1C(=O)C2(CCCC2)NCC1c1ccccc1)Nc1ccc2c(c1)COC1(OC2)C(=O)Nc2ncccc21. The molecule has 4 heterocycles. The summed E-state index contributed by atoms with van der Waals surface area (Å²) in [5.41, 5.74) is 3.20. The largest absolute Gasteiger partial charge is 0.334 e. The predicted molar refractivity (Wildman–Crippen MR) is 149 cm³/mol. The van der Waals surface area contributed by atoms with Crippen LogP contribution in [0.5, 0.6) is 0 Å². The Balaban J connectivity index is 1.09. The molecule has 2 unspecified atom stereocenters. The molecule has 2 atom stereocenters. The zero-order valence-corrected chi connectivity index (χ0v) is 22.5. The maximum atomic E-state index is 13.8. The number of ether oxygens (including phenoxy) is 2. The molecule has 0 radical (unpaired) electrons. The van der Waals surface area contributed by atoms with Gasteiger partial charge in [0.2, 0.25) is 11.8 Å². The van der Waals surface area contributed by atoms with Crippen LogP contribution in [0, 0.1) is 0 Å². The number of carbonyl (C=O) groups is 3. The van der Waals surface area contributed by atoms with Crippen molar-refractivity contribution in [1.82, 2.24) is 15.2 Å². The molecule has 1 aliphatic carbocycles. The lowest BCUT2D eigenvalue weighted by Gasteiger charge is -2.45. The Bertz CT molecular complexity index is 1520. The van der Waals surface area contributed by atoms with Gasteiger partial charge in [0.15, 0.2) is 0 Å². The molecular weight excluding hydrogens is 522 g/mol. The number of fused-ring (bicyclic) bond motifs is 3. The summed E-state index contributed by atoms with van der Waals surface area (Å²) in [5, 5.41) is 9.24. The van der Waals surface area contributed by atoms with Crippen LogP contribution in [0.1, 0.15) is 54.0 Å². The Hall–Kier alpha value is -4.12. The minimum absolute atomic E-state index is 0.00682. The van der Waals surface area contributed by atoms with E-state index in [1.54, 1.807) is 29.3 Å². The summed E-state index contributed by atoms with van der Waals surface area (Å²) in [4.78, 5) is 46.0. The number of anilines is 2. The van der Waals surface area contributed by atoms with E-state index in [1.807, 2.05) is 42.5 Å². The number of aromatic nitrogens is 1. The van der Waals surface area contributed by atoms with E-state index in [0.717, 1.165) is 42.4 Å². The van der Waals surface area contributed by atoms with Gasteiger partial charge < -0.3 is 30.3 Å². The number of nitrogens with zero attached hydrogens (tertiary/aromatic N) is 2. The average molecular weight is 554 g/mol. The second kappa shape index (κ2) is 10.1. The van der Waals surface area contributed by atoms with Gasteiger partial charge in [-0.05, 0) is 53.8 Å². The van der Waals surface area contributed by atoms with Crippen molar-refractivity contribution in [3.8, 4) is 0 Å². The summed E-state index contributed by atoms with van der Waals surface area (Å²) < 4.78 is 12.1. The van der Waals surface area contributed by atoms with Gasteiger partial charge in [0, 0.05) is 18.4 Å². The van der Waals surface area contributed by atoms with E-state index in [1.165, 1.54) is 0 Å². The number of nitrogens with one attached hydrogen (secondary N) is 3. The summed E-state index contributed by atoms with van der Waals surface area (Å²) in [7, 11) is 0. The summed E-state index contributed by atoms with van der Waals surface area (Å²) in [6.45, 7) is 0.815. The van der Waals surface area contributed by atoms with E-state index in [9.17, 15) is 14.4 Å². The van der Waals surface area contributed by atoms with Crippen molar-refractivity contribution in [2.24, 2.45) is 0 Å². The first kappa shape index (κ1) is 25.8. The second-order valence-corrected chi connectivity index (χ2v) is 11.1. The predicted octanol–water partition coefficient (Wildman–Crippen LogP) is 3.36. The summed E-state index contributed by atoms with van der Waals surface area (Å²) in [6, 6.07) is 18.6. The molecule has 1 saturated heterocycles. The molecule has 3 amide bonds. The van der Waals surface area contributed by atoms with Crippen LogP contribution in [0.2, 0.25) is 0 Å². The Morgan fingerprint density at radius 1 is 1.00 bits per heavy atom. The van der Waals surface area contributed by atoms with Gasteiger partial charge in [-0.3, -0.25) is 14.4 Å². The summed E-state index contributed by atoms with van der Waals surface area (Å²) >= 11 is 0. The molecule has 7 rings (SSSR count).